The van der Waals surface area contributed by atoms with Gasteiger partial charge in [-0.1, -0.05) is 30.3 Å². The number of likely N-dealkylation sites (tertiary alicyclic amines) is 1. The number of para-hydroxylation sites is 1. The topological polar surface area (TPSA) is 95.6 Å². The molecule has 0 unspecified atom stereocenters. The fourth-order valence-corrected chi connectivity index (χ4v) is 4.59. The van der Waals surface area contributed by atoms with Gasteiger partial charge in [0.1, 0.15) is 5.75 Å². The highest BCUT2D eigenvalue weighted by Crippen LogP contribution is 2.22. The zero-order valence-corrected chi connectivity index (χ0v) is 21.0. The molecule has 1 fully saturated rings. The smallest absolute Gasteiger partial charge is 0.319 e. The van der Waals surface area contributed by atoms with Crippen LogP contribution in [0.5, 0.6) is 5.75 Å². The number of benzene rings is 2. The first-order valence-electron chi connectivity index (χ1n) is 12.6. The maximum Gasteiger partial charge on any atom is 0.319 e. The van der Waals surface area contributed by atoms with Crippen LogP contribution in [0.4, 0.5) is 10.5 Å². The number of methoxy groups -OCH3 is 1. The minimum absolute atomic E-state index is 0.0912. The van der Waals surface area contributed by atoms with Crippen molar-refractivity contribution in [1.29, 1.82) is 0 Å². The average Bonchev–Trinajstić information content (AvgIpc) is 2.88. The standard InChI is InChI=1S/C28H35N5O3/c1-20-18-26(24-8-3-4-9-25(24)30-20)32-28(35)29-14-17-33-15-12-22(13-16-33)31-27(34)11-10-21-6-5-7-23(19-21)36-2/h3-9,18-19,22H,10-17H2,1-2H3,(H,31,34)(H2,29,30,32,35). The van der Waals surface area contributed by atoms with E-state index in [1.807, 2.05) is 61.5 Å². The summed E-state index contributed by atoms with van der Waals surface area (Å²) in [6, 6.07) is 17.5. The molecule has 0 aliphatic carbocycles. The van der Waals surface area contributed by atoms with Gasteiger partial charge in [-0.2, -0.15) is 0 Å². The number of nitrogens with one attached hydrogen (secondary N) is 3. The molecule has 0 spiro atoms. The first-order chi connectivity index (χ1) is 17.5. The highest BCUT2D eigenvalue weighted by atomic mass is 16.5. The number of fused-ring (bicyclic) bond motifs is 1. The van der Waals surface area contributed by atoms with E-state index in [2.05, 4.69) is 25.8 Å². The fraction of sp³-hybridized carbons (Fsp3) is 0.393. The number of rotatable bonds is 9. The number of pyridine rings is 1. The fourth-order valence-electron chi connectivity index (χ4n) is 4.59. The molecule has 4 rings (SSSR count). The molecule has 1 saturated heterocycles. The van der Waals surface area contributed by atoms with E-state index in [0.717, 1.165) is 66.1 Å². The van der Waals surface area contributed by atoms with E-state index in [4.69, 9.17) is 4.74 Å². The van der Waals surface area contributed by atoms with Crippen molar-refractivity contribution in [3.63, 3.8) is 0 Å². The minimum atomic E-state index is -0.219. The van der Waals surface area contributed by atoms with Gasteiger partial charge in [0, 0.05) is 49.7 Å². The number of ether oxygens (including phenoxy) is 1. The molecule has 8 heteroatoms. The summed E-state index contributed by atoms with van der Waals surface area (Å²) in [6.07, 6.45) is 3.00. The van der Waals surface area contributed by atoms with Gasteiger partial charge in [0.2, 0.25) is 5.91 Å². The van der Waals surface area contributed by atoms with E-state index in [-0.39, 0.29) is 18.0 Å². The second-order valence-corrected chi connectivity index (χ2v) is 9.24. The van der Waals surface area contributed by atoms with E-state index in [1.54, 1.807) is 7.11 Å². The molecule has 1 aliphatic heterocycles. The largest absolute Gasteiger partial charge is 0.497 e. The zero-order chi connectivity index (χ0) is 25.3. The molecule has 36 heavy (non-hydrogen) atoms. The lowest BCUT2D eigenvalue weighted by Gasteiger charge is -2.32. The molecule has 190 valence electrons. The molecule has 3 aromatic rings. The Kier molecular flexibility index (Phi) is 8.73. The lowest BCUT2D eigenvalue weighted by Crippen LogP contribution is -2.46. The summed E-state index contributed by atoms with van der Waals surface area (Å²) in [6.45, 7) is 5.06. The molecule has 8 nitrogen and oxygen atoms in total. The van der Waals surface area contributed by atoms with Crippen LogP contribution in [0.25, 0.3) is 10.9 Å². The first-order valence-corrected chi connectivity index (χ1v) is 12.6. The maximum absolute atomic E-state index is 12.5. The van der Waals surface area contributed by atoms with Crippen molar-refractivity contribution in [1.82, 2.24) is 20.5 Å². The van der Waals surface area contributed by atoms with Crippen LogP contribution in [-0.4, -0.2) is 61.2 Å². The van der Waals surface area contributed by atoms with Gasteiger partial charge < -0.3 is 25.6 Å². The predicted molar refractivity (Wildman–Crippen MR) is 142 cm³/mol. The number of aryl methyl sites for hydroxylation is 2. The molecule has 3 amide bonds. The molecule has 0 saturated carbocycles. The molecule has 2 aromatic carbocycles. The average molecular weight is 490 g/mol. The van der Waals surface area contributed by atoms with Crippen molar-refractivity contribution in [2.24, 2.45) is 0 Å². The van der Waals surface area contributed by atoms with Crippen LogP contribution in [-0.2, 0) is 11.2 Å². The van der Waals surface area contributed by atoms with E-state index in [1.165, 1.54) is 0 Å². The highest BCUT2D eigenvalue weighted by molar-refractivity contribution is 6.00. The molecule has 1 aromatic heterocycles. The Morgan fingerprint density at radius 1 is 1.08 bits per heavy atom. The van der Waals surface area contributed by atoms with Gasteiger partial charge in [-0.15, -0.1) is 0 Å². The number of amides is 3. The van der Waals surface area contributed by atoms with Crippen molar-refractivity contribution in [2.45, 2.75) is 38.6 Å². The molecule has 0 radical (unpaired) electrons. The molecule has 1 aliphatic rings. The third-order valence-corrected chi connectivity index (χ3v) is 6.53. The number of hydrogen-bond donors (Lipinski definition) is 3. The summed E-state index contributed by atoms with van der Waals surface area (Å²) >= 11 is 0. The molecular formula is C28H35N5O3. The Morgan fingerprint density at radius 3 is 2.69 bits per heavy atom. The Morgan fingerprint density at radius 2 is 1.89 bits per heavy atom. The van der Waals surface area contributed by atoms with E-state index in [9.17, 15) is 9.59 Å². The number of carbonyl (C=O) groups is 2. The van der Waals surface area contributed by atoms with Crippen molar-refractivity contribution in [2.75, 3.05) is 38.6 Å². The summed E-state index contributed by atoms with van der Waals surface area (Å²) in [5, 5.41) is 10.0. The lowest BCUT2D eigenvalue weighted by molar-refractivity contribution is -0.122. The number of nitrogens with zero attached hydrogens (tertiary/aromatic N) is 2. The molecule has 0 bridgehead atoms. The predicted octanol–water partition coefficient (Wildman–Crippen LogP) is 3.89. The van der Waals surface area contributed by atoms with Crippen molar-refractivity contribution in [3.8, 4) is 5.75 Å². The van der Waals surface area contributed by atoms with Crippen LogP contribution >= 0.6 is 0 Å². The number of piperidine rings is 1. The summed E-state index contributed by atoms with van der Waals surface area (Å²) in [5.74, 6) is 0.904. The van der Waals surface area contributed by atoms with Gasteiger partial charge in [0.25, 0.3) is 0 Å². The number of anilines is 1. The maximum atomic E-state index is 12.5. The second-order valence-electron chi connectivity index (χ2n) is 9.24. The Hall–Kier alpha value is -3.65. The van der Waals surface area contributed by atoms with Crippen molar-refractivity contribution in [3.05, 3.63) is 65.9 Å². The van der Waals surface area contributed by atoms with Gasteiger partial charge >= 0.3 is 6.03 Å². The Balaban J connectivity index is 1.13. The Bertz CT molecular complexity index is 1190. The first kappa shape index (κ1) is 25.4. The minimum Gasteiger partial charge on any atom is -0.497 e. The van der Waals surface area contributed by atoms with Gasteiger partial charge in [0.05, 0.1) is 18.3 Å². The van der Waals surface area contributed by atoms with Crippen molar-refractivity contribution < 1.29 is 14.3 Å². The SMILES string of the molecule is COc1cccc(CCC(=O)NC2CCN(CCNC(=O)Nc3cc(C)nc4ccccc34)CC2)c1. The Labute approximate surface area is 212 Å². The molecule has 0 atom stereocenters. The van der Waals surface area contributed by atoms with Crippen LogP contribution in [0.15, 0.2) is 54.6 Å². The summed E-state index contributed by atoms with van der Waals surface area (Å²) in [5.41, 5.74) is 3.59. The van der Waals surface area contributed by atoms with Crippen LogP contribution in [0.2, 0.25) is 0 Å². The van der Waals surface area contributed by atoms with Crippen LogP contribution in [0.3, 0.4) is 0 Å². The zero-order valence-electron chi connectivity index (χ0n) is 21.0. The lowest BCUT2D eigenvalue weighted by atomic mass is 10.0. The molecule has 2 heterocycles. The number of carbonyl (C=O) groups excluding carboxylic acids is 2. The van der Waals surface area contributed by atoms with Gasteiger partial charge in [0.15, 0.2) is 0 Å². The van der Waals surface area contributed by atoms with Gasteiger partial charge in [-0.3, -0.25) is 9.78 Å². The third kappa shape index (κ3) is 7.18. The van der Waals surface area contributed by atoms with E-state index in [0.29, 0.717) is 19.4 Å². The van der Waals surface area contributed by atoms with E-state index >= 15 is 0 Å². The van der Waals surface area contributed by atoms with Crippen molar-refractivity contribution >= 4 is 28.5 Å². The number of urea groups is 1. The number of aromatic nitrogens is 1. The molecular weight excluding hydrogens is 454 g/mol. The summed E-state index contributed by atoms with van der Waals surface area (Å²) < 4.78 is 5.25. The normalized spacial score (nSPS) is 14.4. The monoisotopic (exact) mass is 489 g/mol. The molecule has 3 N–H and O–H groups in total. The van der Waals surface area contributed by atoms with Gasteiger partial charge in [-0.05, 0) is 56.0 Å². The van der Waals surface area contributed by atoms with Gasteiger partial charge in [-0.25, -0.2) is 4.79 Å². The highest BCUT2D eigenvalue weighted by Gasteiger charge is 2.20. The second kappa shape index (κ2) is 12.4. The summed E-state index contributed by atoms with van der Waals surface area (Å²) in [7, 11) is 1.65. The van der Waals surface area contributed by atoms with Crippen LogP contribution < -0.4 is 20.7 Å². The number of hydrogen-bond acceptors (Lipinski definition) is 5. The third-order valence-electron chi connectivity index (χ3n) is 6.53. The van der Waals surface area contributed by atoms with Crippen LogP contribution in [0, 0.1) is 6.92 Å². The van der Waals surface area contributed by atoms with Crippen LogP contribution in [0.1, 0.15) is 30.5 Å². The quantitative estimate of drug-likeness (QED) is 0.424. The van der Waals surface area contributed by atoms with E-state index < -0.39 is 0 Å². The summed E-state index contributed by atoms with van der Waals surface area (Å²) in [4.78, 5) is 31.7.